The summed E-state index contributed by atoms with van der Waals surface area (Å²) in [6.07, 6.45) is 2.05. The van der Waals surface area contributed by atoms with E-state index in [1.165, 1.54) is 11.5 Å². The van der Waals surface area contributed by atoms with Crippen molar-refractivity contribution in [2.45, 2.75) is 33.6 Å². The molecule has 0 aliphatic heterocycles. The van der Waals surface area contributed by atoms with E-state index >= 15 is 0 Å². The second-order valence-electron chi connectivity index (χ2n) is 4.97. The number of rotatable bonds is 6. The Balaban J connectivity index is 2.62. The number of hydrogen-bond acceptors (Lipinski definition) is 5. The molecule has 1 heterocycles. The van der Waals surface area contributed by atoms with Gasteiger partial charge < -0.3 is 10.6 Å². The van der Waals surface area contributed by atoms with Crippen molar-refractivity contribution in [3.63, 3.8) is 0 Å². The predicted molar refractivity (Wildman–Crippen MR) is 70.0 cm³/mol. The van der Waals surface area contributed by atoms with Crippen molar-refractivity contribution in [3.8, 4) is 0 Å². The quantitative estimate of drug-likeness (QED) is 0.828. The van der Waals surface area contributed by atoms with Gasteiger partial charge in [0.1, 0.15) is 5.82 Å². The predicted octanol–water partition coefficient (Wildman–Crippen LogP) is 1.91. The van der Waals surface area contributed by atoms with Gasteiger partial charge in [0.05, 0.1) is 0 Å². The minimum absolute atomic E-state index is 0.116. The van der Waals surface area contributed by atoms with E-state index in [1.807, 2.05) is 7.05 Å². The molecular formula is C11H22N4S. The average molecular weight is 242 g/mol. The molecular weight excluding hydrogens is 220 g/mol. The Morgan fingerprint density at radius 1 is 1.44 bits per heavy atom. The Bertz CT molecular complexity index is 322. The van der Waals surface area contributed by atoms with Gasteiger partial charge in [0.2, 0.25) is 5.13 Å². The summed E-state index contributed by atoms with van der Waals surface area (Å²) in [5.74, 6) is 0.958. The molecule has 92 valence electrons. The topological polar surface area (TPSA) is 55.0 Å². The van der Waals surface area contributed by atoms with Gasteiger partial charge in [-0.05, 0) is 18.4 Å². The molecule has 5 heteroatoms. The third-order valence-corrected chi connectivity index (χ3v) is 3.34. The molecule has 0 aliphatic carbocycles. The average Bonchev–Trinajstić information content (AvgIpc) is 2.66. The molecule has 1 rings (SSSR count). The van der Waals surface area contributed by atoms with E-state index in [0.717, 1.165) is 30.3 Å². The fourth-order valence-corrected chi connectivity index (χ4v) is 2.17. The largest absolute Gasteiger partial charge is 0.349 e. The van der Waals surface area contributed by atoms with Crippen LogP contribution in [0.3, 0.4) is 0 Å². The molecule has 0 atom stereocenters. The van der Waals surface area contributed by atoms with Gasteiger partial charge in [-0.25, -0.2) is 4.98 Å². The monoisotopic (exact) mass is 242 g/mol. The van der Waals surface area contributed by atoms with Gasteiger partial charge in [-0.2, -0.15) is 4.37 Å². The molecule has 0 aromatic carbocycles. The van der Waals surface area contributed by atoms with Crippen LogP contribution in [0.25, 0.3) is 0 Å². The third kappa shape index (κ3) is 3.72. The van der Waals surface area contributed by atoms with E-state index in [4.69, 9.17) is 5.73 Å². The number of nitrogens with two attached hydrogens (primary N) is 1. The van der Waals surface area contributed by atoms with Gasteiger partial charge >= 0.3 is 0 Å². The van der Waals surface area contributed by atoms with E-state index in [-0.39, 0.29) is 5.41 Å². The van der Waals surface area contributed by atoms with E-state index in [2.05, 4.69) is 35.0 Å². The summed E-state index contributed by atoms with van der Waals surface area (Å²) >= 11 is 1.47. The molecule has 1 aromatic heterocycles. The van der Waals surface area contributed by atoms with Crippen LogP contribution < -0.4 is 10.6 Å². The van der Waals surface area contributed by atoms with Gasteiger partial charge in [-0.3, -0.25) is 0 Å². The van der Waals surface area contributed by atoms with Crippen molar-refractivity contribution in [3.05, 3.63) is 5.82 Å². The highest BCUT2D eigenvalue weighted by Gasteiger charge is 2.20. The zero-order chi connectivity index (χ0) is 12.2. The van der Waals surface area contributed by atoms with Crippen molar-refractivity contribution >= 4 is 16.7 Å². The van der Waals surface area contributed by atoms with Gasteiger partial charge in [0.15, 0.2) is 0 Å². The first-order valence-corrected chi connectivity index (χ1v) is 6.49. The molecule has 0 unspecified atom stereocenters. The summed E-state index contributed by atoms with van der Waals surface area (Å²) < 4.78 is 4.34. The first-order valence-electron chi connectivity index (χ1n) is 5.72. The second-order valence-corrected chi connectivity index (χ2v) is 5.70. The minimum atomic E-state index is 0.116. The van der Waals surface area contributed by atoms with Crippen LogP contribution in [0.1, 0.15) is 33.0 Å². The van der Waals surface area contributed by atoms with Gasteiger partial charge in [-0.15, -0.1) is 0 Å². The van der Waals surface area contributed by atoms with Crippen LogP contribution in [0.5, 0.6) is 0 Å². The zero-order valence-electron chi connectivity index (χ0n) is 10.7. The number of hydrogen-bond donors (Lipinski definition) is 1. The summed E-state index contributed by atoms with van der Waals surface area (Å²) in [4.78, 5) is 6.65. The number of anilines is 1. The number of aryl methyl sites for hydroxylation is 1. The van der Waals surface area contributed by atoms with Gasteiger partial charge in [0, 0.05) is 31.5 Å². The Labute approximate surface area is 102 Å². The van der Waals surface area contributed by atoms with Crippen molar-refractivity contribution in [2.24, 2.45) is 11.1 Å². The molecule has 0 amide bonds. The van der Waals surface area contributed by atoms with Crippen LogP contribution in [0.15, 0.2) is 0 Å². The SMILES string of the molecule is CCCc1nsc(N(C)CC(C)(C)CN)n1. The molecule has 0 radical (unpaired) electrons. The van der Waals surface area contributed by atoms with Crippen LogP contribution >= 0.6 is 11.5 Å². The van der Waals surface area contributed by atoms with E-state index < -0.39 is 0 Å². The van der Waals surface area contributed by atoms with Crippen LogP contribution in [0.2, 0.25) is 0 Å². The maximum Gasteiger partial charge on any atom is 0.204 e. The lowest BCUT2D eigenvalue weighted by Gasteiger charge is -2.28. The van der Waals surface area contributed by atoms with Crippen LogP contribution in [0.4, 0.5) is 5.13 Å². The maximum atomic E-state index is 5.73. The number of aromatic nitrogens is 2. The molecule has 0 aliphatic rings. The third-order valence-electron chi connectivity index (χ3n) is 2.48. The summed E-state index contributed by atoms with van der Waals surface area (Å²) in [6, 6.07) is 0. The Morgan fingerprint density at radius 3 is 2.69 bits per heavy atom. The normalized spacial score (nSPS) is 11.8. The lowest BCUT2D eigenvalue weighted by molar-refractivity contribution is 0.385. The van der Waals surface area contributed by atoms with Gasteiger partial charge in [0.25, 0.3) is 0 Å². The summed E-state index contributed by atoms with van der Waals surface area (Å²) in [6.45, 7) is 8.05. The van der Waals surface area contributed by atoms with Crippen LogP contribution in [-0.4, -0.2) is 29.5 Å². The van der Waals surface area contributed by atoms with Crippen LogP contribution in [-0.2, 0) is 6.42 Å². The molecule has 0 saturated carbocycles. The van der Waals surface area contributed by atoms with E-state index in [9.17, 15) is 0 Å². The standard InChI is InChI=1S/C11H22N4S/c1-5-6-9-13-10(16-14-9)15(4)8-11(2,3)7-12/h5-8,12H2,1-4H3. The van der Waals surface area contributed by atoms with E-state index in [1.54, 1.807) is 0 Å². The van der Waals surface area contributed by atoms with Crippen LogP contribution in [0, 0.1) is 5.41 Å². The lowest BCUT2D eigenvalue weighted by atomic mass is 9.93. The summed E-state index contributed by atoms with van der Waals surface area (Å²) in [5.41, 5.74) is 5.84. The fourth-order valence-electron chi connectivity index (χ4n) is 1.50. The Morgan fingerprint density at radius 2 is 2.12 bits per heavy atom. The molecule has 0 bridgehead atoms. The lowest BCUT2D eigenvalue weighted by Crippen LogP contribution is -2.36. The smallest absolute Gasteiger partial charge is 0.204 e. The first kappa shape index (κ1) is 13.4. The summed E-state index contributed by atoms with van der Waals surface area (Å²) in [5, 5.41) is 0.991. The molecule has 0 spiro atoms. The maximum absolute atomic E-state index is 5.73. The molecule has 1 aromatic rings. The van der Waals surface area contributed by atoms with Crippen molar-refractivity contribution in [1.29, 1.82) is 0 Å². The highest BCUT2D eigenvalue weighted by Crippen LogP contribution is 2.21. The highest BCUT2D eigenvalue weighted by atomic mass is 32.1. The zero-order valence-corrected chi connectivity index (χ0v) is 11.5. The minimum Gasteiger partial charge on any atom is -0.349 e. The molecule has 2 N–H and O–H groups in total. The van der Waals surface area contributed by atoms with Crippen molar-refractivity contribution < 1.29 is 0 Å². The highest BCUT2D eigenvalue weighted by molar-refractivity contribution is 7.09. The van der Waals surface area contributed by atoms with Crippen molar-refractivity contribution in [1.82, 2.24) is 9.36 Å². The molecule has 0 fully saturated rings. The second kappa shape index (κ2) is 5.59. The van der Waals surface area contributed by atoms with Gasteiger partial charge in [-0.1, -0.05) is 20.8 Å². The first-order chi connectivity index (χ1) is 7.48. The molecule has 0 saturated heterocycles. The number of nitrogens with zero attached hydrogens (tertiary/aromatic N) is 3. The van der Waals surface area contributed by atoms with Crippen molar-refractivity contribution in [2.75, 3.05) is 25.0 Å². The van der Waals surface area contributed by atoms with E-state index in [0.29, 0.717) is 6.54 Å². The molecule has 16 heavy (non-hydrogen) atoms. The fraction of sp³-hybridized carbons (Fsp3) is 0.818. The Hall–Kier alpha value is -0.680. The molecule has 4 nitrogen and oxygen atoms in total. The Kier molecular flexibility index (Phi) is 4.68. The summed E-state index contributed by atoms with van der Waals surface area (Å²) in [7, 11) is 2.05.